The van der Waals surface area contributed by atoms with Crippen molar-refractivity contribution in [3.8, 4) is 107 Å². The largest absolute Gasteiger partial charge is 0.228 e. The highest BCUT2D eigenvalue weighted by molar-refractivity contribution is 6.22. The molecule has 0 saturated carbocycles. The Morgan fingerprint density at radius 2 is 0.817 bits per heavy atom. The molecule has 3 nitrogen and oxygen atoms in total. The third-order valence-electron chi connectivity index (χ3n) is 11.7. The second kappa shape index (κ2) is 14.6. The quantitative estimate of drug-likeness (QED) is 0.162. The van der Waals surface area contributed by atoms with Gasteiger partial charge in [-0.1, -0.05) is 182 Å². The van der Waals surface area contributed by atoms with Gasteiger partial charge in [0.15, 0.2) is 5.82 Å². The Morgan fingerprint density at radius 1 is 0.317 bits per heavy atom. The van der Waals surface area contributed by atoms with Crippen molar-refractivity contribution in [2.45, 2.75) is 0 Å². The lowest BCUT2D eigenvalue weighted by atomic mass is 9.82. The van der Waals surface area contributed by atoms with E-state index in [1.807, 2.05) is 42.5 Å². The average Bonchev–Trinajstić information content (AvgIpc) is 3.67. The molecule has 11 rings (SSSR count). The number of nitrogens with zero attached hydrogens (tertiary/aromatic N) is 3. The van der Waals surface area contributed by atoms with Gasteiger partial charge in [0.1, 0.15) is 0 Å². The normalized spacial score (nSPS) is 11.3. The highest BCUT2D eigenvalue weighted by Crippen LogP contribution is 2.57. The van der Waals surface area contributed by atoms with E-state index >= 15 is 0 Å². The summed E-state index contributed by atoms with van der Waals surface area (Å²) in [4.78, 5) is 10.3. The minimum absolute atomic E-state index is 0.640. The van der Waals surface area contributed by atoms with Gasteiger partial charge < -0.3 is 0 Å². The van der Waals surface area contributed by atoms with E-state index in [0.29, 0.717) is 11.4 Å². The molecule has 3 heteroatoms. The molecule has 0 bridgehead atoms. The molecule has 0 unspecified atom stereocenters. The Balaban J connectivity index is 1.09. The number of fused-ring (bicyclic) bond motifs is 3. The Labute approximate surface area is 349 Å². The van der Waals surface area contributed by atoms with Gasteiger partial charge in [-0.15, -0.1) is 0 Å². The van der Waals surface area contributed by atoms with Crippen molar-refractivity contribution in [2.24, 2.45) is 0 Å². The molecule has 1 aliphatic carbocycles. The lowest BCUT2D eigenvalue weighted by Gasteiger charge is -2.21. The summed E-state index contributed by atoms with van der Waals surface area (Å²) in [7, 11) is 0. The molecule has 10 aromatic rings. The zero-order chi connectivity index (χ0) is 40.0. The minimum atomic E-state index is 0.640. The van der Waals surface area contributed by atoms with Gasteiger partial charge in [0.25, 0.3) is 0 Å². The van der Waals surface area contributed by atoms with Gasteiger partial charge in [-0.25, -0.2) is 9.97 Å². The van der Waals surface area contributed by atoms with Crippen LogP contribution in [0.15, 0.2) is 212 Å². The third-order valence-corrected chi connectivity index (χ3v) is 11.7. The molecular formula is C57H35N3. The standard InChI is InChI=1S/C57H35N3/c58-36-37-25-27-38(28-26-37)45-21-10-22-46(33-45)52-35-51(59-57(60-52)44-17-8-3-9-18-44)41-29-31-43(32-30-41)54-49(39-13-4-1-5-14-39)34-50(40-15-6-2-7-16-40)55-47-23-11-19-42-20-12-24-48(53(42)47)56(54)55/h1-35H. The molecule has 0 aliphatic heterocycles. The lowest BCUT2D eigenvalue weighted by Crippen LogP contribution is -1.97. The predicted molar refractivity (Wildman–Crippen MR) is 247 cm³/mol. The second-order valence-electron chi connectivity index (χ2n) is 15.2. The first kappa shape index (κ1) is 35.0. The smallest absolute Gasteiger partial charge is 0.160 e. The first-order chi connectivity index (χ1) is 29.7. The molecule has 278 valence electrons. The van der Waals surface area contributed by atoms with E-state index < -0.39 is 0 Å². The topological polar surface area (TPSA) is 49.6 Å². The molecule has 0 amide bonds. The molecule has 0 fully saturated rings. The summed E-state index contributed by atoms with van der Waals surface area (Å²) in [6, 6.07) is 77.0. The summed E-state index contributed by atoms with van der Waals surface area (Å²) in [6.45, 7) is 0. The molecule has 0 spiro atoms. The third kappa shape index (κ3) is 6.07. The molecule has 1 aliphatic rings. The summed E-state index contributed by atoms with van der Waals surface area (Å²) < 4.78 is 0. The van der Waals surface area contributed by atoms with Crippen molar-refractivity contribution in [1.82, 2.24) is 9.97 Å². The second-order valence-corrected chi connectivity index (χ2v) is 15.2. The Hall–Kier alpha value is -8.19. The monoisotopic (exact) mass is 761 g/mol. The van der Waals surface area contributed by atoms with Crippen LogP contribution in [0.1, 0.15) is 5.56 Å². The SMILES string of the molecule is N#Cc1ccc(-c2cccc(-c3cc(-c4ccc(-c5c(-c6ccccc6)cc(-c6ccccc6)c6c5-c5cccc7cccc-6c57)cc4)nc(-c4ccccc4)n3)c2)cc1. The zero-order valence-corrected chi connectivity index (χ0v) is 32.5. The van der Waals surface area contributed by atoms with E-state index in [9.17, 15) is 5.26 Å². The van der Waals surface area contributed by atoms with Crippen molar-refractivity contribution >= 4 is 10.8 Å². The molecule has 0 saturated heterocycles. The van der Waals surface area contributed by atoms with Crippen LogP contribution in [-0.4, -0.2) is 9.97 Å². The van der Waals surface area contributed by atoms with E-state index in [2.05, 4.69) is 176 Å². The van der Waals surface area contributed by atoms with Crippen LogP contribution in [0.5, 0.6) is 0 Å². The van der Waals surface area contributed by atoms with Crippen molar-refractivity contribution in [1.29, 1.82) is 5.26 Å². The highest BCUT2D eigenvalue weighted by atomic mass is 14.9. The van der Waals surface area contributed by atoms with Crippen molar-refractivity contribution < 1.29 is 0 Å². The van der Waals surface area contributed by atoms with Crippen molar-refractivity contribution in [3.63, 3.8) is 0 Å². The highest BCUT2D eigenvalue weighted by Gasteiger charge is 2.30. The molecule has 0 N–H and O–H groups in total. The zero-order valence-electron chi connectivity index (χ0n) is 32.5. The first-order valence-corrected chi connectivity index (χ1v) is 20.2. The number of hydrogen-bond donors (Lipinski definition) is 0. The van der Waals surface area contributed by atoms with E-state index in [1.165, 1.54) is 60.8 Å². The molecular weight excluding hydrogens is 727 g/mol. The van der Waals surface area contributed by atoms with Gasteiger partial charge in [-0.3, -0.25) is 0 Å². The summed E-state index contributed by atoms with van der Waals surface area (Å²) >= 11 is 0. The summed E-state index contributed by atoms with van der Waals surface area (Å²) in [5.41, 5.74) is 19.6. The van der Waals surface area contributed by atoms with Crippen LogP contribution in [0.3, 0.4) is 0 Å². The number of benzene rings is 9. The lowest BCUT2D eigenvalue weighted by molar-refractivity contribution is 1.18. The number of hydrogen-bond acceptors (Lipinski definition) is 3. The Bertz CT molecular complexity index is 3270. The van der Waals surface area contributed by atoms with Crippen LogP contribution >= 0.6 is 0 Å². The van der Waals surface area contributed by atoms with Crippen molar-refractivity contribution in [2.75, 3.05) is 0 Å². The molecule has 1 heterocycles. The molecule has 1 aromatic heterocycles. The maximum atomic E-state index is 9.35. The number of aromatic nitrogens is 2. The van der Waals surface area contributed by atoms with Crippen LogP contribution in [0.2, 0.25) is 0 Å². The van der Waals surface area contributed by atoms with E-state index in [0.717, 1.165) is 44.8 Å². The predicted octanol–water partition coefficient (Wildman–Crippen LogP) is 14.8. The van der Waals surface area contributed by atoms with Crippen LogP contribution in [0.25, 0.3) is 111 Å². The van der Waals surface area contributed by atoms with E-state index in [1.54, 1.807) is 0 Å². The average molecular weight is 762 g/mol. The van der Waals surface area contributed by atoms with Crippen LogP contribution in [-0.2, 0) is 0 Å². The molecule has 9 aromatic carbocycles. The summed E-state index contributed by atoms with van der Waals surface area (Å²) in [6.07, 6.45) is 0. The van der Waals surface area contributed by atoms with Crippen LogP contribution in [0, 0.1) is 11.3 Å². The summed E-state index contributed by atoms with van der Waals surface area (Å²) in [5.74, 6) is 0.669. The molecule has 0 atom stereocenters. The molecule has 60 heavy (non-hydrogen) atoms. The van der Waals surface area contributed by atoms with Gasteiger partial charge >= 0.3 is 0 Å². The van der Waals surface area contributed by atoms with Gasteiger partial charge in [-0.2, -0.15) is 5.26 Å². The maximum Gasteiger partial charge on any atom is 0.160 e. The maximum absolute atomic E-state index is 9.35. The number of rotatable bonds is 7. The fraction of sp³-hybridized carbons (Fsp3) is 0. The van der Waals surface area contributed by atoms with Crippen molar-refractivity contribution in [3.05, 3.63) is 218 Å². The minimum Gasteiger partial charge on any atom is -0.228 e. The van der Waals surface area contributed by atoms with Gasteiger partial charge in [0, 0.05) is 16.7 Å². The number of nitriles is 1. The molecule has 0 radical (unpaired) electrons. The fourth-order valence-electron chi connectivity index (χ4n) is 8.84. The van der Waals surface area contributed by atoms with Crippen LogP contribution < -0.4 is 0 Å². The van der Waals surface area contributed by atoms with Gasteiger partial charge in [0.05, 0.1) is 23.0 Å². The van der Waals surface area contributed by atoms with E-state index in [-0.39, 0.29) is 0 Å². The van der Waals surface area contributed by atoms with Crippen LogP contribution in [0.4, 0.5) is 0 Å². The van der Waals surface area contributed by atoms with Gasteiger partial charge in [0.2, 0.25) is 0 Å². The van der Waals surface area contributed by atoms with E-state index in [4.69, 9.17) is 9.97 Å². The summed E-state index contributed by atoms with van der Waals surface area (Å²) in [5, 5.41) is 11.9. The Kier molecular flexibility index (Phi) is 8.54. The first-order valence-electron chi connectivity index (χ1n) is 20.2. The van der Waals surface area contributed by atoms with Gasteiger partial charge in [-0.05, 0) is 108 Å². The fourth-order valence-corrected chi connectivity index (χ4v) is 8.84. The Morgan fingerprint density at radius 3 is 1.45 bits per heavy atom.